The van der Waals surface area contributed by atoms with Crippen LogP contribution in [0.4, 0.5) is 0 Å². The Morgan fingerprint density at radius 1 is 0.944 bits per heavy atom. The van der Waals surface area contributed by atoms with E-state index in [2.05, 4.69) is 26.0 Å². The standard InChI is InChI=1S/C25H21N7O3S/c1-15(2)32-25(35)19-11-7-6-10-18(19)21(30-32)23(34)29-28-22(33)20-14-36-24(27-20)16-12-26-31(13-16)17-8-4-3-5-9-17/h3-15H,1-2H3,(H,28,33)(H,29,34). The average Bonchev–Trinajstić information content (AvgIpc) is 3.58. The molecule has 0 spiro atoms. The van der Waals surface area contributed by atoms with Crippen LogP contribution in [0.25, 0.3) is 27.0 Å². The molecule has 2 aromatic carbocycles. The molecule has 3 heterocycles. The monoisotopic (exact) mass is 499 g/mol. The first-order valence-corrected chi connectivity index (χ1v) is 12.0. The van der Waals surface area contributed by atoms with Crippen LogP contribution in [0.15, 0.2) is 77.2 Å². The topological polar surface area (TPSA) is 124 Å². The predicted molar refractivity (Wildman–Crippen MR) is 136 cm³/mol. The number of para-hydroxylation sites is 1. The molecule has 2 N–H and O–H groups in total. The highest BCUT2D eigenvalue weighted by molar-refractivity contribution is 7.13. The van der Waals surface area contributed by atoms with Gasteiger partial charge < -0.3 is 0 Å². The van der Waals surface area contributed by atoms with Gasteiger partial charge >= 0.3 is 0 Å². The van der Waals surface area contributed by atoms with Crippen LogP contribution in [0, 0.1) is 0 Å². The second-order valence-corrected chi connectivity index (χ2v) is 9.05. The molecule has 5 rings (SSSR count). The number of thiazole rings is 1. The van der Waals surface area contributed by atoms with Crippen LogP contribution < -0.4 is 16.4 Å². The van der Waals surface area contributed by atoms with Crippen molar-refractivity contribution >= 4 is 33.9 Å². The average molecular weight is 500 g/mol. The first kappa shape index (κ1) is 23.1. The first-order valence-electron chi connectivity index (χ1n) is 11.1. The molecule has 0 atom stereocenters. The molecule has 0 bridgehead atoms. The molecular weight excluding hydrogens is 478 g/mol. The third kappa shape index (κ3) is 4.39. The molecule has 0 aliphatic heterocycles. The molecule has 11 heteroatoms. The summed E-state index contributed by atoms with van der Waals surface area (Å²) >= 11 is 1.29. The lowest BCUT2D eigenvalue weighted by atomic mass is 10.1. The highest BCUT2D eigenvalue weighted by Crippen LogP contribution is 2.24. The molecule has 0 fully saturated rings. The van der Waals surface area contributed by atoms with Gasteiger partial charge in [0, 0.05) is 22.5 Å². The summed E-state index contributed by atoms with van der Waals surface area (Å²) < 4.78 is 2.98. The Balaban J connectivity index is 1.32. The summed E-state index contributed by atoms with van der Waals surface area (Å²) in [5.41, 5.74) is 6.33. The minimum atomic E-state index is -0.645. The quantitative estimate of drug-likeness (QED) is 0.358. The van der Waals surface area contributed by atoms with E-state index in [4.69, 9.17) is 0 Å². The second kappa shape index (κ2) is 9.55. The van der Waals surface area contributed by atoms with Crippen molar-refractivity contribution in [1.82, 2.24) is 35.4 Å². The van der Waals surface area contributed by atoms with E-state index in [0.717, 1.165) is 11.3 Å². The third-order valence-electron chi connectivity index (χ3n) is 5.41. The fourth-order valence-electron chi connectivity index (χ4n) is 3.63. The summed E-state index contributed by atoms with van der Waals surface area (Å²) in [6.07, 6.45) is 3.51. The van der Waals surface area contributed by atoms with Crippen molar-refractivity contribution in [2.75, 3.05) is 0 Å². The Labute approximate surface area is 209 Å². The van der Waals surface area contributed by atoms with E-state index in [1.807, 2.05) is 36.5 Å². The molecular formula is C25H21N7O3S. The number of benzene rings is 2. The van der Waals surface area contributed by atoms with Gasteiger partial charge in [-0.1, -0.05) is 36.4 Å². The maximum Gasteiger partial charge on any atom is 0.290 e. The van der Waals surface area contributed by atoms with Gasteiger partial charge in [-0.3, -0.25) is 25.2 Å². The molecule has 0 saturated heterocycles. The predicted octanol–water partition coefficient (Wildman–Crippen LogP) is 3.36. The number of carbonyl (C=O) groups is 2. The number of aromatic nitrogens is 5. The zero-order valence-electron chi connectivity index (χ0n) is 19.4. The Kier molecular flexibility index (Phi) is 6.13. The molecule has 0 saturated carbocycles. The first-order chi connectivity index (χ1) is 17.4. The van der Waals surface area contributed by atoms with Crippen molar-refractivity contribution < 1.29 is 9.59 Å². The summed E-state index contributed by atoms with van der Waals surface area (Å²) in [6.45, 7) is 3.60. The molecule has 180 valence electrons. The fraction of sp³-hybridized carbons (Fsp3) is 0.120. The molecule has 0 aliphatic carbocycles. The van der Waals surface area contributed by atoms with Crippen molar-refractivity contribution in [1.29, 1.82) is 0 Å². The fourth-order valence-corrected chi connectivity index (χ4v) is 4.40. The van der Waals surface area contributed by atoms with Crippen molar-refractivity contribution in [3.8, 4) is 16.3 Å². The highest BCUT2D eigenvalue weighted by atomic mass is 32.1. The van der Waals surface area contributed by atoms with Crippen LogP contribution in [0.5, 0.6) is 0 Å². The van der Waals surface area contributed by atoms with Gasteiger partial charge in [-0.25, -0.2) is 14.3 Å². The van der Waals surface area contributed by atoms with Gasteiger partial charge in [0.25, 0.3) is 17.4 Å². The van der Waals surface area contributed by atoms with Crippen molar-refractivity contribution in [2.45, 2.75) is 19.9 Å². The summed E-state index contributed by atoms with van der Waals surface area (Å²) in [4.78, 5) is 42.6. The zero-order valence-corrected chi connectivity index (χ0v) is 20.2. The molecule has 5 aromatic rings. The van der Waals surface area contributed by atoms with Crippen LogP contribution in [-0.4, -0.2) is 36.4 Å². The molecule has 36 heavy (non-hydrogen) atoms. The van der Waals surface area contributed by atoms with E-state index in [1.54, 1.807) is 54.4 Å². The number of fused-ring (bicyclic) bond motifs is 1. The zero-order chi connectivity index (χ0) is 25.2. The van der Waals surface area contributed by atoms with Gasteiger partial charge in [-0.05, 0) is 32.0 Å². The lowest BCUT2D eigenvalue weighted by molar-refractivity contribution is 0.0841. The molecule has 0 radical (unpaired) electrons. The van der Waals surface area contributed by atoms with E-state index in [0.29, 0.717) is 15.8 Å². The SMILES string of the molecule is CC(C)n1nc(C(=O)NNC(=O)c2csc(-c3cnn(-c4ccccc4)c3)n2)c2ccccc2c1=O. The minimum absolute atomic E-state index is 0.0338. The Morgan fingerprint density at radius 2 is 1.64 bits per heavy atom. The van der Waals surface area contributed by atoms with Crippen molar-refractivity contribution in [3.63, 3.8) is 0 Å². The lowest BCUT2D eigenvalue weighted by Gasteiger charge is -2.13. The van der Waals surface area contributed by atoms with Gasteiger partial charge in [0.15, 0.2) is 5.69 Å². The molecule has 10 nitrogen and oxygen atoms in total. The van der Waals surface area contributed by atoms with Gasteiger partial charge in [0.1, 0.15) is 10.7 Å². The van der Waals surface area contributed by atoms with E-state index >= 15 is 0 Å². The number of hydrogen-bond donors (Lipinski definition) is 2. The summed E-state index contributed by atoms with van der Waals surface area (Å²) in [6, 6.07) is 16.1. The number of nitrogens with zero attached hydrogens (tertiary/aromatic N) is 5. The Bertz CT molecular complexity index is 1640. The number of amides is 2. The van der Waals surface area contributed by atoms with Crippen LogP contribution in [0.1, 0.15) is 40.9 Å². The van der Waals surface area contributed by atoms with Crippen LogP contribution >= 0.6 is 11.3 Å². The Hall–Kier alpha value is -4.64. The van der Waals surface area contributed by atoms with E-state index in [-0.39, 0.29) is 23.0 Å². The maximum atomic E-state index is 12.9. The lowest BCUT2D eigenvalue weighted by Crippen LogP contribution is -2.43. The Morgan fingerprint density at radius 3 is 2.39 bits per heavy atom. The van der Waals surface area contributed by atoms with Gasteiger partial charge in [-0.2, -0.15) is 10.2 Å². The molecule has 3 aromatic heterocycles. The number of nitrogens with one attached hydrogen (secondary N) is 2. The molecule has 2 amide bonds. The second-order valence-electron chi connectivity index (χ2n) is 8.19. The van der Waals surface area contributed by atoms with Crippen LogP contribution in [-0.2, 0) is 0 Å². The number of carbonyl (C=O) groups excluding carboxylic acids is 2. The third-order valence-corrected chi connectivity index (χ3v) is 6.30. The van der Waals surface area contributed by atoms with Gasteiger partial charge in [0.05, 0.1) is 23.3 Å². The van der Waals surface area contributed by atoms with Gasteiger partial charge in [-0.15, -0.1) is 11.3 Å². The minimum Gasteiger partial charge on any atom is -0.267 e. The van der Waals surface area contributed by atoms with E-state index in [9.17, 15) is 14.4 Å². The van der Waals surface area contributed by atoms with E-state index in [1.165, 1.54) is 16.0 Å². The smallest absolute Gasteiger partial charge is 0.267 e. The number of hydrogen-bond acceptors (Lipinski definition) is 7. The normalized spacial score (nSPS) is 11.1. The summed E-state index contributed by atoms with van der Waals surface area (Å²) in [5, 5.41) is 11.6. The van der Waals surface area contributed by atoms with Crippen LogP contribution in [0.3, 0.4) is 0 Å². The summed E-state index contributed by atoms with van der Waals surface area (Å²) in [7, 11) is 0. The van der Waals surface area contributed by atoms with Crippen molar-refractivity contribution in [3.05, 3.63) is 94.1 Å². The highest BCUT2D eigenvalue weighted by Gasteiger charge is 2.19. The maximum absolute atomic E-state index is 12.9. The van der Waals surface area contributed by atoms with E-state index < -0.39 is 11.8 Å². The van der Waals surface area contributed by atoms with Crippen LogP contribution in [0.2, 0.25) is 0 Å². The number of rotatable bonds is 5. The van der Waals surface area contributed by atoms with Crippen molar-refractivity contribution in [2.24, 2.45) is 0 Å². The molecule has 0 aliphatic rings. The van der Waals surface area contributed by atoms with Gasteiger partial charge in [0.2, 0.25) is 0 Å². The number of hydrazine groups is 1. The largest absolute Gasteiger partial charge is 0.290 e. The molecule has 0 unspecified atom stereocenters. The summed E-state index contributed by atoms with van der Waals surface area (Å²) in [5.74, 6) is -1.23.